The van der Waals surface area contributed by atoms with Crippen molar-refractivity contribution in [2.75, 3.05) is 5.32 Å². The minimum absolute atomic E-state index is 0.109. The van der Waals surface area contributed by atoms with E-state index in [2.05, 4.69) is 21.2 Å². The molecule has 2 aromatic carbocycles. The maximum absolute atomic E-state index is 11.9. The number of halogens is 1. The summed E-state index contributed by atoms with van der Waals surface area (Å²) < 4.78 is 0.592. The smallest absolute Gasteiger partial charge is 0.255 e. The van der Waals surface area contributed by atoms with Gasteiger partial charge in [-0.2, -0.15) is 0 Å². The second-order valence-electron chi connectivity index (χ2n) is 3.67. The van der Waals surface area contributed by atoms with Crippen molar-refractivity contribution in [3.05, 3.63) is 52.5 Å². The highest BCUT2D eigenvalue weighted by Crippen LogP contribution is 2.26. The van der Waals surface area contributed by atoms with Crippen LogP contribution in [0.15, 0.2) is 46.9 Å². The molecule has 5 heteroatoms. The molecular weight excluding hydrogens is 298 g/mol. The summed E-state index contributed by atoms with van der Waals surface area (Å²) in [4.78, 5) is 11.9. The molecule has 4 nitrogen and oxygen atoms in total. The van der Waals surface area contributed by atoms with Gasteiger partial charge in [-0.3, -0.25) is 4.79 Å². The molecule has 0 bridgehead atoms. The van der Waals surface area contributed by atoms with Gasteiger partial charge in [-0.05, 0) is 58.4 Å². The average Bonchev–Trinajstić information content (AvgIpc) is 2.33. The molecule has 2 rings (SSSR count). The fourth-order valence-corrected chi connectivity index (χ4v) is 1.88. The lowest BCUT2D eigenvalue weighted by molar-refractivity contribution is 0.102. The van der Waals surface area contributed by atoms with Crippen molar-refractivity contribution in [2.45, 2.75) is 0 Å². The van der Waals surface area contributed by atoms with Crippen molar-refractivity contribution in [2.24, 2.45) is 0 Å². The fraction of sp³-hybridized carbons (Fsp3) is 0. The van der Waals surface area contributed by atoms with E-state index in [0.29, 0.717) is 15.7 Å². The van der Waals surface area contributed by atoms with E-state index in [1.807, 2.05) is 0 Å². The minimum atomic E-state index is -0.290. The maximum Gasteiger partial charge on any atom is 0.255 e. The van der Waals surface area contributed by atoms with Crippen LogP contribution < -0.4 is 5.32 Å². The van der Waals surface area contributed by atoms with Crippen molar-refractivity contribution >= 4 is 27.5 Å². The van der Waals surface area contributed by atoms with Gasteiger partial charge in [0.1, 0.15) is 11.5 Å². The summed E-state index contributed by atoms with van der Waals surface area (Å²) in [6.07, 6.45) is 0. The van der Waals surface area contributed by atoms with E-state index in [0.717, 1.165) is 0 Å². The van der Waals surface area contributed by atoms with Crippen molar-refractivity contribution in [3.63, 3.8) is 0 Å². The van der Waals surface area contributed by atoms with Crippen molar-refractivity contribution in [3.8, 4) is 11.5 Å². The quantitative estimate of drug-likeness (QED) is 0.747. The second-order valence-corrected chi connectivity index (χ2v) is 4.52. The Morgan fingerprint density at radius 1 is 1.00 bits per heavy atom. The molecule has 3 N–H and O–H groups in total. The van der Waals surface area contributed by atoms with Crippen LogP contribution in [0.4, 0.5) is 5.69 Å². The third-order valence-electron chi connectivity index (χ3n) is 2.33. The number of hydrogen-bond donors (Lipinski definition) is 3. The Balaban J connectivity index is 2.18. The van der Waals surface area contributed by atoms with Gasteiger partial charge in [0.2, 0.25) is 0 Å². The first-order valence-corrected chi connectivity index (χ1v) is 5.94. The van der Waals surface area contributed by atoms with Gasteiger partial charge in [-0.25, -0.2) is 0 Å². The zero-order valence-corrected chi connectivity index (χ0v) is 10.8. The van der Waals surface area contributed by atoms with Crippen LogP contribution in [0.1, 0.15) is 10.4 Å². The number of amides is 1. The molecule has 0 saturated carbocycles. The van der Waals surface area contributed by atoms with Gasteiger partial charge >= 0.3 is 0 Å². The van der Waals surface area contributed by atoms with E-state index in [9.17, 15) is 9.90 Å². The topological polar surface area (TPSA) is 69.6 Å². The van der Waals surface area contributed by atoms with Crippen LogP contribution in [0.5, 0.6) is 11.5 Å². The largest absolute Gasteiger partial charge is 0.508 e. The molecule has 92 valence electrons. The van der Waals surface area contributed by atoms with Gasteiger partial charge in [0.15, 0.2) is 0 Å². The predicted octanol–water partition coefficient (Wildman–Crippen LogP) is 3.11. The summed E-state index contributed by atoms with van der Waals surface area (Å²) in [6, 6.07) is 10.5. The predicted molar refractivity (Wildman–Crippen MR) is 71.9 cm³/mol. The number of anilines is 1. The summed E-state index contributed by atoms with van der Waals surface area (Å²) in [7, 11) is 0. The Morgan fingerprint density at radius 2 is 1.61 bits per heavy atom. The van der Waals surface area contributed by atoms with E-state index in [-0.39, 0.29) is 17.4 Å². The van der Waals surface area contributed by atoms with E-state index in [4.69, 9.17) is 5.11 Å². The Hall–Kier alpha value is -2.01. The third-order valence-corrected chi connectivity index (χ3v) is 2.99. The second kappa shape index (κ2) is 5.10. The monoisotopic (exact) mass is 307 g/mol. The van der Waals surface area contributed by atoms with Gasteiger partial charge in [0.05, 0.1) is 5.69 Å². The zero-order valence-electron chi connectivity index (χ0n) is 9.22. The number of hydrogen-bond acceptors (Lipinski definition) is 3. The number of aromatic hydroxyl groups is 2. The highest BCUT2D eigenvalue weighted by Gasteiger charge is 2.08. The molecule has 0 aliphatic rings. The number of phenolic OH excluding ortho intramolecular Hbond substituents is 2. The van der Waals surface area contributed by atoms with E-state index >= 15 is 0 Å². The molecule has 0 heterocycles. The Kier molecular flexibility index (Phi) is 3.53. The molecule has 0 aliphatic heterocycles. The van der Waals surface area contributed by atoms with Gasteiger partial charge in [-0.1, -0.05) is 0 Å². The summed E-state index contributed by atoms with van der Waals surface area (Å²) in [5.74, 6) is -0.0664. The van der Waals surface area contributed by atoms with E-state index in [1.54, 1.807) is 6.07 Å². The van der Waals surface area contributed by atoms with E-state index < -0.39 is 0 Å². The number of carbonyl (C=O) groups is 1. The molecule has 0 aliphatic carbocycles. The maximum atomic E-state index is 11.9. The first kappa shape index (κ1) is 12.4. The Labute approximate surface area is 112 Å². The van der Waals surface area contributed by atoms with Gasteiger partial charge in [0.25, 0.3) is 5.91 Å². The molecule has 1 amide bonds. The summed E-state index contributed by atoms with van der Waals surface area (Å²) in [5, 5.41) is 21.1. The van der Waals surface area contributed by atoms with Crippen molar-refractivity contribution in [1.82, 2.24) is 0 Å². The molecule has 0 aromatic heterocycles. The van der Waals surface area contributed by atoms with Crippen molar-refractivity contribution < 1.29 is 15.0 Å². The molecule has 0 fully saturated rings. The molecule has 0 unspecified atom stereocenters. The van der Waals surface area contributed by atoms with E-state index in [1.165, 1.54) is 36.4 Å². The van der Waals surface area contributed by atoms with Crippen LogP contribution >= 0.6 is 15.9 Å². The third kappa shape index (κ3) is 2.81. The zero-order chi connectivity index (χ0) is 13.1. The van der Waals surface area contributed by atoms with Crippen LogP contribution in [0.2, 0.25) is 0 Å². The van der Waals surface area contributed by atoms with Gasteiger partial charge in [0, 0.05) is 10.0 Å². The molecular formula is C13H10BrNO3. The molecule has 0 radical (unpaired) electrons. The lowest BCUT2D eigenvalue weighted by atomic mass is 10.2. The summed E-state index contributed by atoms with van der Waals surface area (Å²) in [6.45, 7) is 0. The van der Waals surface area contributed by atoms with Crippen LogP contribution in [0, 0.1) is 0 Å². The molecule has 0 atom stereocenters. The fourth-order valence-electron chi connectivity index (χ4n) is 1.41. The number of rotatable bonds is 2. The van der Waals surface area contributed by atoms with Gasteiger partial charge < -0.3 is 15.5 Å². The first-order chi connectivity index (χ1) is 8.56. The van der Waals surface area contributed by atoms with Crippen LogP contribution in [0.25, 0.3) is 0 Å². The molecule has 18 heavy (non-hydrogen) atoms. The summed E-state index contributed by atoms with van der Waals surface area (Å²) >= 11 is 3.25. The number of nitrogens with one attached hydrogen (secondary N) is 1. The normalized spacial score (nSPS) is 10.1. The highest BCUT2D eigenvalue weighted by molar-refractivity contribution is 9.10. The highest BCUT2D eigenvalue weighted by atomic mass is 79.9. The number of phenols is 2. The minimum Gasteiger partial charge on any atom is -0.508 e. The SMILES string of the molecule is O=C(Nc1ccc(O)cc1Br)c1ccc(O)cc1. The molecule has 0 spiro atoms. The number of benzene rings is 2. The Morgan fingerprint density at radius 3 is 2.22 bits per heavy atom. The molecule has 2 aromatic rings. The lowest BCUT2D eigenvalue weighted by Gasteiger charge is -2.07. The van der Waals surface area contributed by atoms with Crippen LogP contribution in [0.3, 0.4) is 0 Å². The average molecular weight is 308 g/mol. The van der Waals surface area contributed by atoms with Crippen LogP contribution in [-0.2, 0) is 0 Å². The standard InChI is InChI=1S/C13H10BrNO3/c14-11-7-10(17)5-6-12(11)15-13(18)8-1-3-9(16)4-2-8/h1-7,16-17H,(H,15,18). The lowest BCUT2D eigenvalue weighted by Crippen LogP contribution is -2.11. The summed E-state index contributed by atoms with van der Waals surface area (Å²) in [5.41, 5.74) is 0.999. The molecule has 0 saturated heterocycles. The Bertz CT molecular complexity index is 581. The first-order valence-electron chi connectivity index (χ1n) is 5.15. The number of carbonyl (C=O) groups excluding carboxylic acids is 1. The van der Waals surface area contributed by atoms with Crippen molar-refractivity contribution in [1.29, 1.82) is 0 Å². The van der Waals surface area contributed by atoms with Gasteiger partial charge in [-0.15, -0.1) is 0 Å². The van der Waals surface area contributed by atoms with Crippen LogP contribution in [-0.4, -0.2) is 16.1 Å².